The van der Waals surface area contributed by atoms with Crippen LogP contribution in [0.25, 0.3) is 16.6 Å². The topological polar surface area (TPSA) is 42.7 Å². The molecule has 5 nitrogen and oxygen atoms in total. The van der Waals surface area contributed by atoms with Crippen molar-refractivity contribution < 1.29 is 4.74 Å². The SMILES string of the molecule is COc1ccc(CN2CCCC2c2ncn3cc(-c4cccnc4)ccc23)cc1. The molecular formula is C24H24N4O. The third-order valence-corrected chi connectivity index (χ3v) is 5.78. The molecule has 1 fully saturated rings. The number of benzene rings is 1. The van der Waals surface area contributed by atoms with Crippen LogP contribution in [0.1, 0.15) is 30.1 Å². The van der Waals surface area contributed by atoms with E-state index in [-0.39, 0.29) is 0 Å². The first-order valence-electron chi connectivity index (χ1n) is 10.1. The maximum Gasteiger partial charge on any atom is 0.118 e. The van der Waals surface area contributed by atoms with Gasteiger partial charge in [0.2, 0.25) is 0 Å². The van der Waals surface area contributed by atoms with Crippen LogP contribution in [0.4, 0.5) is 0 Å². The first kappa shape index (κ1) is 17.9. The Labute approximate surface area is 170 Å². The minimum Gasteiger partial charge on any atom is -0.497 e. The van der Waals surface area contributed by atoms with Crippen molar-refractivity contribution in [3.8, 4) is 16.9 Å². The van der Waals surface area contributed by atoms with Crippen molar-refractivity contribution in [3.63, 3.8) is 0 Å². The number of ether oxygens (including phenoxy) is 1. The number of likely N-dealkylation sites (tertiary alicyclic amines) is 1. The van der Waals surface area contributed by atoms with Gasteiger partial charge in [0.15, 0.2) is 0 Å². The molecule has 4 heterocycles. The summed E-state index contributed by atoms with van der Waals surface area (Å²) in [6.45, 7) is 2.03. The van der Waals surface area contributed by atoms with Crippen LogP contribution in [-0.4, -0.2) is 32.9 Å². The highest BCUT2D eigenvalue weighted by Gasteiger charge is 2.29. The van der Waals surface area contributed by atoms with Gasteiger partial charge in [-0.15, -0.1) is 0 Å². The van der Waals surface area contributed by atoms with Crippen LogP contribution in [0.15, 0.2) is 73.4 Å². The first-order valence-corrected chi connectivity index (χ1v) is 10.1. The number of aromatic nitrogens is 3. The number of methoxy groups -OCH3 is 1. The Morgan fingerprint density at radius 3 is 2.76 bits per heavy atom. The fourth-order valence-electron chi connectivity index (χ4n) is 4.27. The van der Waals surface area contributed by atoms with Gasteiger partial charge in [0, 0.05) is 30.7 Å². The molecule has 146 valence electrons. The van der Waals surface area contributed by atoms with Crippen molar-refractivity contribution in [1.82, 2.24) is 19.3 Å². The van der Waals surface area contributed by atoms with E-state index in [1.807, 2.05) is 30.7 Å². The van der Waals surface area contributed by atoms with E-state index in [0.717, 1.165) is 36.4 Å². The van der Waals surface area contributed by atoms with Gasteiger partial charge in [-0.05, 0) is 54.8 Å². The minimum atomic E-state index is 0.353. The normalized spacial score (nSPS) is 17.1. The fourth-order valence-corrected chi connectivity index (χ4v) is 4.27. The molecule has 29 heavy (non-hydrogen) atoms. The summed E-state index contributed by atoms with van der Waals surface area (Å²) in [7, 11) is 1.70. The molecule has 1 aliphatic rings. The molecule has 0 bridgehead atoms. The summed E-state index contributed by atoms with van der Waals surface area (Å²) in [6, 6.07) is 17.1. The molecule has 1 saturated heterocycles. The zero-order chi connectivity index (χ0) is 19.6. The first-order chi connectivity index (χ1) is 14.3. The van der Waals surface area contributed by atoms with Crippen molar-refractivity contribution in [3.05, 3.63) is 84.7 Å². The lowest BCUT2D eigenvalue weighted by molar-refractivity contribution is 0.246. The molecule has 1 unspecified atom stereocenters. The molecule has 5 heteroatoms. The van der Waals surface area contributed by atoms with Crippen LogP contribution in [0, 0.1) is 0 Å². The van der Waals surface area contributed by atoms with Crippen LogP contribution in [0.2, 0.25) is 0 Å². The van der Waals surface area contributed by atoms with Crippen LogP contribution < -0.4 is 4.74 Å². The largest absolute Gasteiger partial charge is 0.497 e. The van der Waals surface area contributed by atoms with Crippen LogP contribution in [-0.2, 0) is 6.54 Å². The molecule has 0 amide bonds. The molecular weight excluding hydrogens is 360 g/mol. The van der Waals surface area contributed by atoms with Crippen LogP contribution >= 0.6 is 0 Å². The number of hydrogen-bond acceptors (Lipinski definition) is 4. The molecule has 1 aliphatic heterocycles. The average Bonchev–Trinajstić information content (AvgIpc) is 3.41. The highest BCUT2D eigenvalue weighted by atomic mass is 16.5. The van der Waals surface area contributed by atoms with Crippen LogP contribution in [0.5, 0.6) is 5.75 Å². The maximum atomic E-state index is 5.28. The number of fused-ring (bicyclic) bond motifs is 1. The van der Waals surface area contributed by atoms with Gasteiger partial charge in [-0.25, -0.2) is 4.98 Å². The van der Waals surface area contributed by atoms with Gasteiger partial charge in [0.25, 0.3) is 0 Å². The number of rotatable bonds is 5. The summed E-state index contributed by atoms with van der Waals surface area (Å²) < 4.78 is 7.42. The lowest BCUT2D eigenvalue weighted by Crippen LogP contribution is -2.23. The standard InChI is InChI=1S/C24H24N4O/c1-29-21-9-6-18(7-10-21)15-27-13-3-5-22(27)24-23-11-8-20(16-28(23)17-26-24)19-4-2-12-25-14-19/h2,4,6-12,14,16-17,22H,3,5,13,15H2,1H3. The maximum absolute atomic E-state index is 5.28. The zero-order valence-corrected chi connectivity index (χ0v) is 16.5. The number of pyridine rings is 2. The van der Waals surface area contributed by atoms with E-state index in [1.54, 1.807) is 13.3 Å². The van der Waals surface area contributed by atoms with Crippen molar-refractivity contribution >= 4 is 5.52 Å². The number of imidazole rings is 1. The van der Waals surface area contributed by atoms with Gasteiger partial charge in [0.1, 0.15) is 5.75 Å². The lowest BCUT2D eigenvalue weighted by atomic mass is 10.1. The van der Waals surface area contributed by atoms with E-state index in [1.165, 1.54) is 23.2 Å². The van der Waals surface area contributed by atoms with E-state index < -0.39 is 0 Å². The van der Waals surface area contributed by atoms with Gasteiger partial charge in [-0.3, -0.25) is 9.88 Å². The van der Waals surface area contributed by atoms with E-state index in [0.29, 0.717) is 6.04 Å². The Morgan fingerprint density at radius 2 is 1.97 bits per heavy atom. The quantitative estimate of drug-likeness (QED) is 0.498. The smallest absolute Gasteiger partial charge is 0.118 e. The van der Waals surface area contributed by atoms with E-state index in [4.69, 9.17) is 9.72 Å². The third-order valence-electron chi connectivity index (χ3n) is 5.78. The molecule has 4 aromatic rings. The van der Waals surface area contributed by atoms with Gasteiger partial charge in [-0.2, -0.15) is 0 Å². The summed E-state index contributed by atoms with van der Waals surface area (Å²) in [6.07, 6.45) is 10.1. The molecule has 3 aromatic heterocycles. The van der Waals surface area contributed by atoms with Crippen LogP contribution in [0.3, 0.4) is 0 Å². The Kier molecular flexibility index (Phi) is 4.74. The highest BCUT2D eigenvalue weighted by Crippen LogP contribution is 2.35. The predicted molar refractivity (Wildman–Crippen MR) is 114 cm³/mol. The highest BCUT2D eigenvalue weighted by molar-refractivity contribution is 5.66. The van der Waals surface area contributed by atoms with Crippen molar-refractivity contribution in [2.24, 2.45) is 0 Å². The van der Waals surface area contributed by atoms with Crippen molar-refractivity contribution in [2.75, 3.05) is 13.7 Å². The molecule has 5 rings (SSSR count). The summed E-state index contributed by atoms with van der Waals surface area (Å²) in [5, 5.41) is 0. The summed E-state index contributed by atoms with van der Waals surface area (Å²) >= 11 is 0. The van der Waals surface area contributed by atoms with Gasteiger partial charge in [-0.1, -0.05) is 24.3 Å². The average molecular weight is 384 g/mol. The Morgan fingerprint density at radius 1 is 1.07 bits per heavy atom. The zero-order valence-electron chi connectivity index (χ0n) is 16.5. The summed E-state index contributed by atoms with van der Waals surface area (Å²) in [5.41, 5.74) is 5.93. The van der Waals surface area contributed by atoms with Gasteiger partial charge >= 0.3 is 0 Å². The molecule has 0 spiro atoms. The monoisotopic (exact) mass is 384 g/mol. The molecule has 0 radical (unpaired) electrons. The molecule has 0 aliphatic carbocycles. The molecule has 0 saturated carbocycles. The van der Waals surface area contributed by atoms with E-state index in [9.17, 15) is 0 Å². The Balaban J connectivity index is 1.41. The second-order valence-corrected chi connectivity index (χ2v) is 7.56. The van der Waals surface area contributed by atoms with Crippen molar-refractivity contribution in [2.45, 2.75) is 25.4 Å². The number of nitrogens with zero attached hydrogens (tertiary/aromatic N) is 4. The van der Waals surface area contributed by atoms with Gasteiger partial charge < -0.3 is 9.14 Å². The predicted octanol–water partition coefficient (Wildman–Crippen LogP) is 4.74. The van der Waals surface area contributed by atoms with Gasteiger partial charge in [0.05, 0.1) is 30.7 Å². The summed E-state index contributed by atoms with van der Waals surface area (Å²) in [4.78, 5) is 11.6. The second kappa shape index (κ2) is 7.68. The van der Waals surface area contributed by atoms with Crippen molar-refractivity contribution in [1.29, 1.82) is 0 Å². The molecule has 1 aromatic carbocycles. The third kappa shape index (κ3) is 3.49. The Bertz CT molecular complexity index is 1100. The molecule has 1 atom stereocenters. The van der Waals surface area contributed by atoms with E-state index in [2.05, 4.69) is 50.8 Å². The minimum absolute atomic E-state index is 0.353. The lowest BCUT2D eigenvalue weighted by Gasteiger charge is -2.23. The molecule has 0 N–H and O–H groups in total. The fraction of sp³-hybridized carbons (Fsp3) is 0.250. The van der Waals surface area contributed by atoms with E-state index >= 15 is 0 Å². The Hall–Kier alpha value is -3.18. The number of hydrogen-bond donors (Lipinski definition) is 0. The summed E-state index contributed by atoms with van der Waals surface area (Å²) in [5.74, 6) is 0.899. The second-order valence-electron chi connectivity index (χ2n) is 7.56.